The van der Waals surface area contributed by atoms with Crippen LogP contribution in [-0.2, 0) is 30.0 Å². The van der Waals surface area contributed by atoms with Crippen LogP contribution in [0.15, 0.2) is 9.59 Å². The van der Waals surface area contributed by atoms with Gasteiger partial charge in [0.05, 0.1) is 0 Å². The third-order valence-corrected chi connectivity index (χ3v) is 4.03. The Labute approximate surface area is 131 Å². The fourth-order valence-corrected chi connectivity index (χ4v) is 2.69. The zero-order valence-electron chi connectivity index (χ0n) is 13.1. The molecular formula is C14H19N5O4. The summed E-state index contributed by atoms with van der Waals surface area (Å²) in [5.41, 5.74) is -0.230. The molecule has 0 aromatic carbocycles. The summed E-state index contributed by atoms with van der Waals surface area (Å²) in [6.45, 7) is 1.01. The number of H-pyrrole nitrogens is 1. The van der Waals surface area contributed by atoms with Crippen molar-refractivity contribution in [2.45, 2.75) is 25.4 Å². The number of carbonyl (C=O) groups excluding carboxylic acids is 1. The summed E-state index contributed by atoms with van der Waals surface area (Å²) in [7, 11) is 2.99. The van der Waals surface area contributed by atoms with Crippen molar-refractivity contribution in [3.05, 3.63) is 26.7 Å². The first-order valence-corrected chi connectivity index (χ1v) is 7.53. The number of fused-ring (bicyclic) bond motifs is 1. The fraction of sp³-hybridized carbons (Fsp3) is 0.571. The van der Waals surface area contributed by atoms with Gasteiger partial charge in [-0.25, -0.2) is 9.78 Å². The molecule has 2 aromatic rings. The van der Waals surface area contributed by atoms with Crippen LogP contribution in [-0.4, -0.2) is 44.3 Å². The number of aryl methyl sites for hydroxylation is 1. The highest BCUT2D eigenvalue weighted by atomic mass is 16.5. The van der Waals surface area contributed by atoms with Gasteiger partial charge >= 0.3 is 5.69 Å². The highest BCUT2D eigenvalue weighted by molar-refractivity contribution is 5.80. The molecule has 0 aliphatic carbocycles. The number of imidazole rings is 1. The summed E-state index contributed by atoms with van der Waals surface area (Å²) in [5, 5.41) is 2.79. The smallest absolute Gasteiger partial charge is 0.332 e. The topological polar surface area (TPSA) is 111 Å². The molecule has 9 heteroatoms. The zero-order chi connectivity index (χ0) is 16.6. The molecule has 3 heterocycles. The molecule has 3 rings (SSSR count). The largest absolute Gasteiger partial charge is 0.368 e. The van der Waals surface area contributed by atoms with Crippen molar-refractivity contribution in [2.24, 2.45) is 14.1 Å². The van der Waals surface area contributed by atoms with Crippen LogP contribution < -0.4 is 16.6 Å². The minimum Gasteiger partial charge on any atom is -0.368 e. The van der Waals surface area contributed by atoms with Crippen LogP contribution in [0.25, 0.3) is 11.2 Å². The van der Waals surface area contributed by atoms with Crippen LogP contribution in [0.5, 0.6) is 0 Å². The Bertz CT molecular complexity index is 856. The molecule has 1 unspecified atom stereocenters. The van der Waals surface area contributed by atoms with Crippen LogP contribution in [0.1, 0.15) is 18.7 Å². The zero-order valence-corrected chi connectivity index (χ0v) is 13.1. The van der Waals surface area contributed by atoms with Crippen molar-refractivity contribution >= 4 is 17.1 Å². The lowest BCUT2D eigenvalue weighted by Gasteiger charge is -2.09. The first kappa shape index (κ1) is 15.5. The molecule has 1 atom stereocenters. The molecule has 0 spiro atoms. The molecule has 2 aromatic heterocycles. The molecule has 9 nitrogen and oxygen atoms in total. The monoisotopic (exact) mass is 321 g/mol. The lowest BCUT2D eigenvalue weighted by atomic mass is 10.2. The third kappa shape index (κ3) is 2.79. The van der Waals surface area contributed by atoms with Gasteiger partial charge in [0.25, 0.3) is 5.56 Å². The highest BCUT2D eigenvalue weighted by Gasteiger charge is 2.23. The van der Waals surface area contributed by atoms with E-state index in [0.29, 0.717) is 31.0 Å². The van der Waals surface area contributed by atoms with Crippen LogP contribution in [0, 0.1) is 0 Å². The minimum absolute atomic E-state index is 0.123. The summed E-state index contributed by atoms with van der Waals surface area (Å²) in [6, 6.07) is 0. The standard InChI is InChI=1S/C14H19N5O4/c1-18-11-10(13(21)19(2)14(18)22)16-9(17-11)5-6-15-12(20)8-4-3-7-23-8/h8H,3-7H2,1-2H3,(H,15,20)(H,16,17). The lowest BCUT2D eigenvalue weighted by Crippen LogP contribution is -2.36. The molecule has 1 aliphatic rings. The number of hydrogen-bond acceptors (Lipinski definition) is 5. The van der Waals surface area contributed by atoms with Gasteiger partial charge in [-0.15, -0.1) is 0 Å². The van der Waals surface area contributed by atoms with Crippen molar-refractivity contribution < 1.29 is 9.53 Å². The number of aromatic nitrogens is 4. The molecular weight excluding hydrogens is 302 g/mol. The Morgan fingerprint density at radius 1 is 1.39 bits per heavy atom. The Morgan fingerprint density at radius 3 is 2.87 bits per heavy atom. The molecule has 23 heavy (non-hydrogen) atoms. The summed E-state index contributed by atoms with van der Waals surface area (Å²) in [4.78, 5) is 43.0. The normalized spacial score (nSPS) is 17.7. The van der Waals surface area contributed by atoms with E-state index in [1.54, 1.807) is 7.05 Å². The first-order chi connectivity index (χ1) is 11.0. The number of nitrogens with zero attached hydrogens (tertiary/aromatic N) is 3. The Balaban J connectivity index is 1.73. The number of amides is 1. The molecule has 1 aliphatic heterocycles. The molecule has 0 saturated carbocycles. The van der Waals surface area contributed by atoms with Gasteiger partial charge in [-0.2, -0.15) is 0 Å². The molecule has 1 amide bonds. The first-order valence-electron chi connectivity index (χ1n) is 7.53. The maximum Gasteiger partial charge on any atom is 0.332 e. The molecule has 2 N–H and O–H groups in total. The second kappa shape index (κ2) is 5.99. The predicted octanol–water partition coefficient (Wildman–Crippen LogP) is -1.20. The van der Waals surface area contributed by atoms with Crippen LogP contribution >= 0.6 is 0 Å². The molecule has 1 saturated heterocycles. The number of hydrogen-bond donors (Lipinski definition) is 2. The summed E-state index contributed by atoms with van der Waals surface area (Å²) >= 11 is 0. The summed E-state index contributed by atoms with van der Waals surface area (Å²) in [6.07, 6.45) is 1.72. The van der Waals surface area contributed by atoms with Gasteiger partial charge in [-0.05, 0) is 12.8 Å². The second-order valence-corrected chi connectivity index (χ2v) is 5.63. The maximum atomic E-state index is 12.1. The van der Waals surface area contributed by atoms with E-state index in [2.05, 4.69) is 15.3 Å². The average Bonchev–Trinajstić information content (AvgIpc) is 3.20. The summed E-state index contributed by atoms with van der Waals surface area (Å²) < 4.78 is 7.66. The van der Waals surface area contributed by atoms with E-state index < -0.39 is 11.2 Å². The SMILES string of the molecule is Cn1c(=O)c2[nH]c(CCNC(=O)C3CCCO3)nc2n(C)c1=O. The van der Waals surface area contributed by atoms with Crippen molar-refractivity contribution in [2.75, 3.05) is 13.2 Å². The number of nitrogens with one attached hydrogen (secondary N) is 2. The van der Waals surface area contributed by atoms with Crippen molar-refractivity contribution in [3.8, 4) is 0 Å². The number of carbonyl (C=O) groups is 1. The van der Waals surface area contributed by atoms with Crippen LogP contribution in [0.3, 0.4) is 0 Å². The van der Waals surface area contributed by atoms with Crippen LogP contribution in [0.2, 0.25) is 0 Å². The van der Waals surface area contributed by atoms with Gasteiger partial charge in [0.2, 0.25) is 5.91 Å². The third-order valence-electron chi connectivity index (χ3n) is 4.03. The maximum absolute atomic E-state index is 12.1. The molecule has 0 bridgehead atoms. The van der Waals surface area contributed by atoms with Gasteiger partial charge in [0, 0.05) is 33.7 Å². The van der Waals surface area contributed by atoms with Crippen LogP contribution in [0.4, 0.5) is 0 Å². The van der Waals surface area contributed by atoms with E-state index in [1.807, 2.05) is 0 Å². The average molecular weight is 321 g/mol. The Morgan fingerprint density at radius 2 is 2.17 bits per heavy atom. The second-order valence-electron chi connectivity index (χ2n) is 5.63. The molecule has 124 valence electrons. The number of ether oxygens (including phenoxy) is 1. The lowest BCUT2D eigenvalue weighted by molar-refractivity contribution is -0.129. The number of rotatable bonds is 4. The quantitative estimate of drug-likeness (QED) is 0.735. The Hall–Kier alpha value is -2.42. The van der Waals surface area contributed by atoms with Gasteiger partial charge in [-0.1, -0.05) is 0 Å². The molecule has 1 fully saturated rings. The van der Waals surface area contributed by atoms with E-state index in [9.17, 15) is 14.4 Å². The van der Waals surface area contributed by atoms with E-state index in [-0.39, 0.29) is 17.5 Å². The van der Waals surface area contributed by atoms with E-state index in [1.165, 1.54) is 11.6 Å². The van der Waals surface area contributed by atoms with Crippen molar-refractivity contribution in [1.82, 2.24) is 24.4 Å². The molecule has 0 radical (unpaired) electrons. The van der Waals surface area contributed by atoms with E-state index in [0.717, 1.165) is 17.4 Å². The van der Waals surface area contributed by atoms with Gasteiger partial charge in [0.15, 0.2) is 5.65 Å². The van der Waals surface area contributed by atoms with E-state index in [4.69, 9.17) is 4.74 Å². The van der Waals surface area contributed by atoms with Crippen molar-refractivity contribution in [3.63, 3.8) is 0 Å². The summed E-state index contributed by atoms with van der Waals surface area (Å²) in [5.74, 6) is 0.424. The van der Waals surface area contributed by atoms with Gasteiger partial charge in [0.1, 0.15) is 17.4 Å². The van der Waals surface area contributed by atoms with E-state index >= 15 is 0 Å². The predicted molar refractivity (Wildman–Crippen MR) is 82.3 cm³/mol. The minimum atomic E-state index is -0.424. The van der Waals surface area contributed by atoms with Gasteiger partial charge in [-0.3, -0.25) is 18.7 Å². The fourth-order valence-electron chi connectivity index (χ4n) is 2.69. The highest BCUT2D eigenvalue weighted by Crippen LogP contribution is 2.11. The van der Waals surface area contributed by atoms with Gasteiger partial charge < -0.3 is 15.0 Å². The van der Waals surface area contributed by atoms with Crippen molar-refractivity contribution in [1.29, 1.82) is 0 Å². The Kier molecular flexibility index (Phi) is 4.03. The number of aromatic amines is 1.